The lowest BCUT2D eigenvalue weighted by molar-refractivity contribution is -0.115. The third kappa shape index (κ3) is 4.01. The third-order valence-corrected chi connectivity index (χ3v) is 3.79. The van der Waals surface area contributed by atoms with Gasteiger partial charge in [-0.05, 0) is 34.5 Å². The molecule has 0 saturated carbocycles. The Morgan fingerprint density at radius 3 is 2.52 bits per heavy atom. The lowest BCUT2D eigenvalue weighted by Crippen LogP contribution is -2.15. The summed E-state index contributed by atoms with van der Waals surface area (Å²) in [6.07, 6.45) is 0.203. The van der Waals surface area contributed by atoms with Crippen molar-refractivity contribution in [2.45, 2.75) is 13.3 Å². The van der Waals surface area contributed by atoms with Crippen LogP contribution in [0, 0.1) is 5.82 Å². The van der Waals surface area contributed by atoms with Crippen LogP contribution in [0.15, 0.2) is 60.7 Å². The maximum Gasteiger partial charge on any atom is 0.228 e. The number of hydrogen-bond donors (Lipinski definition) is 2. The van der Waals surface area contributed by atoms with Gasteiger partial charge in [0.25, 0.3) is 0 Å². The van der Waals surface area contributed by atoms with Gasteiger partial charge in [-0.15, -0.1) is 0 Å². The summed E-state index contributed by atoms with van der Waals surface area (Å²) >= 11 is 0. The maximum atomic E-state index is 13.7. The van der Waals surface area contributed by atoms with E-state index in [-0.39, 0.29) is 23.9 Å². The Kier molecular flexibility index (Phi) is 4.75. The van der Waals surface area contributed by atoms with Gasteiger partial charge in [-0.3, -0.25) is 9.59 Å². The molecular formula is C20H17FN2O2. The molecule has 2 N–H and O–H groups in total. The first-order valence-corrected chi connectivity index (χ1v) is 7.86. The van der Waals surface area contributed by atoms with E-state index in [0.717, 1.165) is 16.3 Å². The van der Waals surface area contributed by atoms with Gasteiger partial charge in [0.05, 0.1) is 12.1 Å². The van der Waals surface area contributed by atoms with Gasteiger partial charge >= 0.3 is 0 Å². The summed E-state index contributed by atoms with van der Waals surface area (Å²) in [5, 5.41) is 7.23. The fourth-order valence-corrected chi connectivity index (χ4v) is 2.71. The molecule has 3 rings (SSSR count). The second-order valence-electron chi connectivity index (χ2n) is 5.74. The highest BCUT2D eigenvalue weighted by molar-refractivity contribution is 5.97. The molecule has 0 unspecified atom stereocenters. The zero-order valence-electron chi connectivity index (χ0n) is 13.7. The molecule has 0 spiro atoms. The van der Waals surface area contributed by atoms with E-state index in [1.165, 1.54) is 25.1 Å². The number of benzene rings is 3. The van der Waals surface area contributed by atoms with Crippen LogP contribution in [0.4, 0.5) is 15.8 Å². The van der Waals surface area contributed by atoms with Crippen molar-refractivity contribution in [1.29, 1.82) is 0 Å². The van der Waals surface area contributed by atoms with Crippen LogP contribution in [0.2, 0.25) is 0 Å². The molecule has 0 aliphatic carbocycles. The minimum atomic E-state index is -0.553. The molecule has 3 aromatic rings. The summed E-state index contributed by atoms with van der Waals surface area (Å²) < 4.78 is 13.7. The van der Waals surface area contributed by atoms with E-state index < -0.39 is 5.82 Å². The van der Waals surface area contributed by atoms with E-state index in [9.17, 15) is 14.0 Å². The molecule has 0 heterocycles. The van der Waals surface area contributed by atoms with E-state index in [1.807, 2.05) is 42.5 Å². The van der Waals surface area contributed by atoms with Crippen LogP contribution in [0.3, 0.4) is 0 Å². The van der Waals surface area contributed by atoms with Gasteiger partial charge in [-0.1, -0.05) is 42.5 Å². The highest BCUT2D eigenvalue weighted by Crippen LogP contribution is 2.22. The first kappa shape index (κ1) is 16.6. The summed E-state index contributed by atoms with van der Waals surface area (Å²) in [5.74, 6) is -1.14. The van der Waals surface area contributed by atoms with Crippen LogP contribution >= 0.6 is 0 Å². The largest absolute Gasteiger partial charge is 0.326 e. The molecule has 0 bridgehead atoms. The Morgan fingerprint density at radius 1 is 0.960 bits per heavy atom. The van der Waals surface area contributed by atoms with Crippen LogP contribution in [0.1, 0.15) is 12.5 Å². The second-order valence-corrected chi connectivity index (χ2v) is 5.74. The van der Waals surface area contributed by atoms with Crippen LogP contribution in [0.5, 0.6) is 0 Å². The van der Waals surface area contributed by atoms with Gasteiger partial charge in [0, 0.05) is 12.6 Å². The number of carbonyl (C=O) groups excluding carboxylic acids is 2. The van der Waals surface area contributed by atoms with Gasteiger partial charge < -0.3 is 10.6 Å². The SMILES string of the molecule is CC(=O)Nc1cc(NC(=O)Cc2cccc3ccccc23)ccc1F. The van der Waals surface area contributed by atoms with Gasteiger partial charge in [0.2, 0.25) is 11.8 Å². The van der Waals surface area contributed by atoms with Crippen LogP contribution < -0.4 is 10.6 Å². The first-order valence-electron chi connectivity index (χ1n) is 7.86. The van der Waals surface area contributed by atoms with Crippen molar-refractivity contribution in [1.82, 2.24) is 0 Å². The highest BCUT2D eigenvalue weighted by Gasteiger charge is 2.10. The molecule has 126 valence electrons. The van der Waals surface area contributed by atoms with E-state index >= 15 is 0 Å². The van der Waals surface area contributed by atoms with Crippen molar-refractivity contribution in [2.24, 2.45) is 0 Å². The molecule has 4 nitrogen and oxygen atoms in total. The topological polar surface area (TPSA) is 58.2 Å². The number of anilines is 2. The minimum Gasteiger partial charge on any atom is -0.326 e. The van der Waals surface area contributed by atoms with Crippen LogP contribution in [0.25, 0.3) is 10.8 Å². The molecular weight excluding hydrogens is 319 g/mol. The average Bonchev–Trinajstić information content (AvgIpc) is 2.58. The quantitative estimate of drug-likeness (QED) is 0.753. The third-order valence-electron chi connectivity index (χ3n) is 3.79. The molecule has 0 aliphatic rings. The number of halogens is 1. The lowest BCUT2D eigenvalue weighted by atomic mass is 10.0. The van der Waals surface area contributed by atoms with Crippen molar-refractivity contribution >= 4 is 34.0 Å². The summed E-state index contributed by atoms with van der Waals surface area (Å²) in [7, 11) is 0. The standard InChI is InChI=1S/C20H17FN2O2/c1-13(24)22-19-12-16(9-10-18(19)21)23-20(25)11-15-7-4-6-14-5-2-3-8-17(14)15/h2-10,12H,11H2,1H3,(H,22,24)(H,23,25). The maximum absolute atomic E-state index is 13.7. The zero-order chi connectivity index (χ0) is 17.8. The summed E-state index contributed by atoms with van der Waals surface area (Å²) in [5.41, 5.74) is 1.38. The molecule has 2 amide bonds. The number of fused-ring (bicyclic) bond motifs is 1. The predicted octanol–water partition coefficient (Wildman–Crippen LogP) is 4.12. The van der Waals surface area contributed by atoms with Crippen LogP contribution in [-0.4, -0.2) is 11.8 Å². The summed E-state index contributed by atoms with van der Waals surface area (Å²) in [4.78, 5) is 23.5. The van der Waals surface area contributed by atoms with Gasteiger partial charge in [0.15, 0.2) is 0 Å². The van der Waals surface area contributed by atoms with Crippen molar-refractivity contribution in [3.05, 3.63) is 72.0 Å². The number of hydrogen-bond acceptors (Lipinski definition) is 2. The Morgan fingerprint density at radius 2 is 1.72 bits per heavy atom. The van der Waals surface area contributed by atoms with Gasteiger partial charge in [-0.25, -0.2) is 4.39 Å². The normalized spacial score (nSPS) is 10.5. The average molecular weight is 336 g/mol. The Bertz CT molecular complexity index is 948. The minimum absolute atomic E-state index is 0.0375. The molecule has 0 atom stereocenters. The second kappa shape index (κ2) is 7.13. The van der Waals surface area contributed by atoms with Crippen molar-refractivity contribution in [3.63, 3.8) is 0 Å². The number of amides is 2. The Balaban J connectivity index is 1.77. The molecule has 3 aromatic carbocycles. The smallest absolute Gasteiger partial charge is 0.228 e. The highest BCUT2D eigenvalue weighted by atomic mass is 19.1. The Hall–Kier alpha value is -3.21. The first-order chi connectivity index (χ1) is 12.0. The molecule has 5 heteroatoms. The number of carbonyl (C=O) groups is 2. The fourth-order valence-electron chi connectivity index (χ4n) is 2.71. The monoisotopic (exact) mass is 336 g/mol. The molecule has 0 saturated heterocycles. The predicted molar refractivity (Wildman–Crippen MR) is 97.0 cm³/mol. The summed E-state index contributed by atoms with van der Waals surface area (Å²) in [6.45, 7) is 1.30. The zero-order valence-corrected chi connectivity index (χ0v) is 13.7. The van der Waals surface area contributed by atoms with Crippen molar-refractivity contribution in [3.8, 4) is 0 Å². The molecule has 25 heavy (non-hydrogen) atoms. The number of nitrogens with one attached hydrogen (secondary N) is 2. The Labute approximate surface area is 144 Å². The molecule has 0 aromatic heterocycles. The number of rotatable bonds is 4. The summed E-state index contributed by atoms with van der Waals surface area (Å²) in [6, 6.07) is 17.8. The molecule has 0 aliphatic heterocycles. The fraction of sp³-hybridized carbons (Fsp3) is 0.100. The van der Waals surface area contributed by atoms with E-state index in [1.54, 1.807) is 0 Å². The van der Waals surface area contributed by atoms with E-state index in [0.29, 0.717) is 5.69 Å². The van der Waals surface area contributed by atoms with Crippen molar-refractivity contribution in [2.75, 3.05) is 10.6 Å². The molecule has 0 radical (unpaired) electrons. The van der Waals surface area contributed by atoms with Crippen molar-refractivity contribution < 1.29 is 14.0 Å². The van der Waals surface area contributed by atoms with Crippen LogP contribution in [-0.2, 0) is 16.0 Å². The van der Waals surface area contributed by atoms with E-state index in [4.69, 9.17) is 0 Å². The van der Waals surface area contributed by atoms with Gasteiger partial charge in [-0.2, -0.15) is 0 Å². The van der Waals surface area contributed by atoms with Gasteiger partial charge in [0.1, 0.15) is 5.82 Å². The molecule has 0 fully saturated rings. The lowest BCUT2D eigenvalue weighted by Gasteiger charge is -2.10. The van der Waals surface area contributed by atoms with E-state index in [2.05, 4.69) is 10.6 Å².